The molecule has 2 fully saturated rings. The highest BCUT2D eigenvalue weighted by Crippen LogP contribution is 2.47. The molecule has 14 heavy (non-hydrogen) atoms. The van der Waals surface area contributed by atoms with Crippen molar-refractivity contribution in [2.45, 2.75) is 56.0 Å². The molecule has 3 heteroatoms. The third-order valence-electron chi connectivity index (χ3n) is 3.58. The first-order chi connectivity index (χ1) is 6.58. The maximum Gasteiger partial charge on any atom is 0.0756 e. The van der Waals surface area contributed by atoms with Crippen LogP contribution >= 0.6 is 27.7 Å². The lowest BCUT2D eigenvalue weighted by Gasteiger charge is -2.32. The summed E-state index contributed by atoms with van der Waals surface area (Å²) in [6, 6.07) is 0. The van der Waals surface area contributed by atoms with E-state index in [-0.39, 0.29) is 5.60 Å². The molecule has 2 aliphatic rings. The van der Waals surface area contributed by atoms with Crippen LogP contribution in [0.5, 0.6) is 0 Å². The quantitative estimate of drug-likeness (QED) is 0.714. The van der Waals surface area contributed by atoms with E-state index in [2.05, 4.69) is 41.5 Å². The molecule has 0 aliphatic carbocycles. The fourth-order valence-corrected chi connectivity index (χ4v) is 4.29. The van der Waals surface area contributed by atoms with Crippen LogP contribution in [0.1, 0.15) is 39.5 Å². The number of rotatable bonds is 2. The van der Waals surface area contributed by atoms with Crippen molar-refractivity contribution in [3.05, 3.63) is 0 Å². The highest BCUT2D eigenvalue weighted by atomic mass is 79.9. The van der Waals surface area contributed by atoms with Gasteiger partial charge in [0.05, 0.1) is 11.7 Å². The van der Waals surface area contributed by atoms with E-state index in [0.29, 0.717) is 10.9 Å². The highest BCUT2D eigenvalue weighted by Gasteiger charge is 2.46. The van der Waals surface area contributed by atoms with Gasteiger partial charge < -0.3 is 4.74 Å². The third-order valence-corrected chi connectivity index (χ3v) is 6.38. The zero-order valence-corrected chi connectivity index (χ0v) is 11.4. The van der Waals surface area contributed by atoms with Gasteiger partial charge >= 0.3 is 0 Å². The molecule has 0 N–H and O–H groups in total. The second kappa shape index (κ2) is 3.99. The molecular formula is C11H19BrOS. The van der Waals surface area contributed by atoms with Crippen molar-refractivity contribution in [1.82, 2.24) is 0 Å². The molecule has 2 rings (SSSR count). The van der Waals surface area contributed by atoms with E-state index < -0.39 is 0 Å². The van der Waals surface area contributed by atoms with Crippen LogP contribution in [0.2, 0.25) is 0 Å². The zero-order valence-electron chi connectivity index (χ0n) is 9.01. The number of thioether (sulfide) groups is 1. The van der Waals surface area contributed by atoms with E-state index in [1.807, 2.05) is 0 Å². The molecule has 0 aromatic rings. The number of halogens is 1. The average Bonchev–Trinajstić information content (AvgIpc) is 2.74. The SMILES string of the molecule is CC1(CBr)CCC(C2(C)CCCS2)O1. The lowest BCUT2D eigenvalue weighted by atomic mass is 9.95. The first-order valence-electron chi connectivity index (χ1n) is 5.46. The van der Waals surface area contributed by atoms with Crippen LogP contribution in [0.3, 0.4) is 0 Å². The molecule has 82 valence electrons. The molecule has 0 amide bonds. The normalized spacial score (nSPS) is 48.6. The Morgan fingerprint density at radius 1 is 1.43 bits per heavy atom. The number of ether oxygens (including phenoxy) is 1. The summed E-state index contributed by atoms with van der Waals surface area (Å²) < 4.78 is 6.62. The number of alkyl halides is 1. The van der Waals surface area contributed by atoms with E-state index in [1.54, 1.807) is 0 Å². The van der Waals surface area contributed by atoms with Gasteiger partial charge in [0, 0.05) is 10.1 Å². The molecule has 3 atom stereocenters. The summed E-state index contributed by atoms with van der Waals surface area (Å²) in [7, 11) is 0. The van der Waals surface area contributed by atoms with Gasteiger partial charge in [-0.25, -0.2) is 0 Å². The van der Waals surface area contributed by atoms with Gasteiger partial charge in [-0.1, -0.05) is 15.9 Å². The molecule has 0 aromatic heterocycles. The molecule has 0 bridgehead atoms. The molecule has 0 aromatic carbocycles. The lowest BCUT2D eigenvalue weighted by molar-refractivity contribution is -0.0258. The van der Waals surface area contributed by atoms with Crippen LogP contribution in [0.25, 0.3) is 0 Å². The Morgan fingerprint density at radius 2 is 2.21 bits per heavy atom. The van der Waals surface area contributed by atoms with E-state index in [0.717, 1.165) is 5.33 Å². The van der Waals surface area contributed by atoms with Crippen molar-refractivity contribution in [1.29, 1.82) is 0 Å². The Hall–Kier alpha value is 0.790. The van der Waals surface area contributed by atoms with Crippen LogP contribution in [-0.2, 0) is 4.74 Å². The molecule has 0 saturated carbocycles. The Bertz CT molecular complexity index is 215. The van der Waals surface area contributed by atoms with Gasteiger partial charge in [-0.2, -0.15) is 11.8 Å². The second-order valence-electron chi connectivity index (χ2n) is 4.99. The van der Waals surface area contributed by atoms with Crippen molar-refractivity contribution in [2.75, 3.05) is 11.1 Å². The van der Waals surface area contributed by atoms with E-state index >= 15 is 0 Å². The van der Waals surface area contributed by atoms with E-state index in [1.165, 1.54) is 31.4 Å². The third kappa shape index (κ3) is 2.00. The average molecular weight is 279 g/mol. The van der Waals surface area contributed by atoms with Crippen molar-refractivity contribution in [3.8, 4) is 0 Å². The molecule has 1 nitrogen and oxygen atoms in total. The highest BCUT2D eigenvalue weighted by molar-refractivity contribution is 9.09. The number of hydrogen-bond donors (Lipinski definition) is 0. The maximum absolute atomic E-state index is 6.22. The molecule has 0 radical (unpaired) electrons. The fraction of sp³-hybridized carbons (Fsp3) is 1.00. The summed E-state index contributed by atoms with van der Waals surface area (Å²) in [5.74, 6) is 1.32. The predicted molar refractivity (Wildman–Crippen MR) is 66.4 cm³/mol. The predicted octanol–water partition coefficient (Wildman–Crippen LogP) is 3.60. The summed E-state index contributed by atoms with van der Waals surface area (Å²) in [5.41, 5.74) is 0.0941. The van der Waals surface area contributed by atoms with Crippen LogP contribution in [0.4, 0.5) is 0 Å². The van der Waals surface area contributed by atoms with Gasteiger partial charge in [-0.15, -0.1) is 0 Å². The van der Waals surface area contributed by atoms with Crippen molar-refractivity contribution >= 4 is 27.7 Å². The minimum Gasteiger partial charge on any atom is -0.370 e. The molecule has 2 saturated heterocycles. The van der Waals surface area contributed by atoms with Crippen LogP contribution in [-0.4, -0.2) is 27.5 Å². The fourth-order valence-electron chi connectivity index (χ4n) is 2.48. The summed E-state index contributed by atoms with van der Waals surface area (Å²) >= 11 is 5.67. The maximum atomic E-state index is 6.22. The summed E-state index contributed by atoms with van der Waals surface area (Å²) in [6.45, 7) is 4.61. The topological polar surface area (TPSA) is 9.23 Å². The first-order valence-corrected chi connectivity index (χ1v) is 7.56. The Labute approximate surface area is 99.5 Å². The smallest absolute Gasteiger partial charge is 0.0756 e. The Kier molecular flexibility index (Phi) is 3.21. The molecule has 0 spiro atoms. The standard InChI is InChI=1S/C11H19BrOS/c1-10(8-12)6-4-9(13-10)11(2)5-3-7-14-11/h9H,3-8H2,1-2H3. The van der Waals surface area contributed by atoms with Crippen LogP contribution in [0, 0.1) is 0 Å². The summed E-state index contributed by atoms with van der Waals surface area (Å²) in [6.07, 6.45) is 5.63. The second-order valence-corrected chi connectivity index (χ2v) is 7.18. The van der Waals surface area contributed by atoms with Gasteiger partial charge in [0.15, 0.2) is 0 Å². The van der Waals surface area contributed by atoms with Gasteiger partial charge in [-0.05, 0) is 45.3 Å². The van der Waals surface area contributed by atoms with Gasteiger partial charge in [0.25, 0.3) is 0 Å². The van der Waals surface area contributed by atoms with Crippen molar-refractivity contribution in [2.24, 2.45) is 0 Å². The molecule has 2 aliphatic heterocycles. The first kappa shape index (κ1) is 11.3. The Balaban J connectivity index is 2.01. The molecular weight excluding hydrogens is 260 g/mol. The summed E-state index contributed by atoms with van der Waals surface area (Å²) in [5, 5.41) is 0.969. The molecule has 2 heterocycles. The largest absolute Gasteiger partial charge is 0.370 e. The minimum absolute atomic E-state index is 0.0941. The van der Waals surface area contributed by atoms with Gasteiger partial charge in [0.2, 0.25) is 0 Å². The lowest BCUT2D eigenvalue weighted by Crippen LogP contribution is -2.37. The van der Waals surface area contributed by atoms with E-state index in [4.69, 9.17) is 4.74 Å². The van der Waals surface area contributed by atoms with Gasteiger partial charge in [-0.3, -0.25) is 0 Å². The van der Waals surface area contributed by atoms with Crippen molar-refractivity contribution in [3.63, 3.8) is 0 Å². The van der Waals surface area contributed by atoms with Crippen molar-refractivity contribution < 1.29 is 4.74 Å². The zero-order chi connectivity index (χ0) is 10.2. The number of hydrogen-bond acceptors (Lipinski definition) is 2. The minimum atomic E-state index is 0.0941. The Morgan fingerprint density at radius 3 is 2.71 bits per heavy atom. The van der Waals surface area contributed by atoms with E-state index in [9.17, 15) is 0 Å². The molecule has 3 unspecified atom stereocenters. The van der Waals surface area contributed by atoms with Crippen LogP contribution in [0.15, 0.2) is 0 Å². The van der Waals surface area contributed by atoms with Gasteiger partial charge in [0.1, 0.15) is 0 Å². The van der Waals surface area contributed by atoms with Crippen LogP contribution < -0.4 is 0 Å². The monoisotopic (exact) mass is 278 g/mol. The summed E-state index contributed by atoms with van der Waals surface area (Å²) in [4.78, 5) is 0.